The number of hydrogen-bond acceptors (Lipinski definition) is 4. The highest BCUT2D eigenvalue weighted by Gasteiger charge is 2.27. The van der Waals surface area contributed by atoms with Gasteiger partial charge in [0.2, 0.25) is 11.7 Å². The van der Waals surface area contributed by atoms with E-state index in [0.717, 1.165) is 17.7 Å². The Morgan fingerprint density at radius 2 is 2.12 bits per heavy atom. The number of anilines is 1. The zero-order valence-corrected chi connectivity index (χ0v) is 13.0. The van der Waals surface area contributed by atoms with Crippen LogP contribution in [-0.4, -0.2) is 17.4 Å². The number of amides is 1. The van der Waals surface area contributed by atoms with Crippen LogP contribution < -0.4 is 10.1 Å². The van der Waals surface area contributed by atoms with Crippen LogP contribution in [0.3, 0.4) is 0 Å². The van der Waals surface area contributed by atoms with Gasteiger partial charge in [-0.05, 0) is 42.3 Å². The summed E-state index contributed by atoms with van der Waals surface area (Å²) in [7, 11) is 0. The van der Waals surface area contributed by atoms with Gasteiger partial charge in [-0.1, -0.05) is 11.6 Å². The van der Waals surface area contributed by atoms with Gasteiger partial charge in [0.1, 0.15) is 12.4 Å². The number of fused-ring (bicyclic) bond motifs is 1. The molecule has 3 rings (SSSR count). The standard InChI is InChI=1S/C16H12ClFN2O4/c17-11-1-4-15-9(6-11)5-10(8-24-15)16(21)19-12-2-3-13(18)14(7-12)20(22)23/h1-4,6-7,10H,5,8H2,(H,19,21)/t10-/m1/s1. The molecule has 6 nitrogen and oxygen atoms in total. The van der Waals surface area contributed by atoms with Gasteiger partial charge in [0.05, 0.1) is 10.8 Å². The normalized spacial score (nSPS) is 16.0. The number of benzene rings is 2. The van der Waals surface area contributed by atoms with Gasteiger partial charge in [0, 0.05) is 16.8 Å². The molecule has 0 bridgehead atoms. The first-order valence-corrected chi connectivity index (χ1v) is 7.48. The molecular formula is C16H12ClFN2O4. The molecule has 0 radical (unpaired) electrons. The van der Waals surface area contributed by atoms with Crippen molar-refractivity contribution in [2.24, 2.45) is 5.92 Å². The molecule has 124 valence electrons. The predicted molar refractivity (Wildman–Crippen MR) is 85.8 cm³/mol. The molecule has 2 aromatic carbocycles. The highest BCUT2D eigenvalue weighted by atomic mass is 35.5. The number of nitro benzene ring substituents is 1. The van der Waals surface area contributed by atoms with E-state index in [1.807, 2.05) is 0 Å². The van der Waals surface area contributed by atoms with E-state index in [1.165, 1.54) is 6.07 Å². The second kappa shape index (κ2) is 6.45. The molecule has 1 N–H and O–H groups in total. The quantitative estimate of drug-likeness (QED) is 0.677. The van der Waals surface area contributed by atoms with E-state index in [1.54, 1.807) is 18.2 Å². The minimum absolute atomic E-state index is 0.157. The van der Waals surface area contributed by atoms with Crippen LogP contribution in [0.2, 0.25) is 5.02 Å². The van der Waals surface area contributed by atoms with Crippen molar-refractivity contribution in [3.05, 3.63) is 62.9 Å². The molecule has 1 aliphatic heterocycles. The third-order valence-electron chi connectivity index (χ3n) is 3.71. The van der Waals surface area contributed by atoms with E-state index in [2.05, 4.69) is 5.32 Å². The van der Waals surface area contributed by atoms with Gasteiger partial charge in [-0.25, -0.2) is 0 Å². The van der Waals surface area contributed by atoms with Gasteiger partial charge in [0.25, 0.3) is 0 Å². The molecule has 1 amide bonds. The van der Waals surface area contributed by atoms with E-state index in [-0.39, 0.29) is 18.2 Å². The van der Waals surface area contributed by atoms with Gasteiger partial charge in [-0.15, -0.1) is 0 Å². The minimum Gasteiger partial charge on any atom is -0.492 e. The Labute approximate surface area is 141 Å². The maximum absolute atomic E-state index is 13.3. The highest BCUT2D eigenvalue weighted by molar-refractivity contribution is 6.30. The van der Waals surface area contributed by atoms with Crippen molar-refractivity contribution in [1.29, 1.82) is 0 Å². The Balaban J connectivity index is 1.74. The average molecular weight is 351 g/mol. The fourth-order valence-corrected chi connectivity index (χ4v) is 2.70. The van der Waals surface area contributed by atoms with Crippen LogP contribution in [0.1, 0.15) is 5.56 Å². The summed E-state index contributed by atoms with van der Waals surface area (Å²) >= 11 is 5.94. The fraction of sp³-hybridized carbons (Fsp3) is 0.188. The number of halogens is 2. The van der Waals surface area contributed by atoms with Crippen LogP contribution in [0, 0.1) is 21.8 Å². The molecule has 0 aromatic heterocycles. The minimum atomic E-state index is -0.956. The van der Waals surface area contributed by atoms with E-state index >= 15 is 0 Å². The number of nitro groups is 1. The molecule has 8 heteroatoms. The lowest BCUT2D eigenvalue weighted by molar-refractivity contribution is -0.387. The SMILES string of the molecule is O=C(Nc1ccc(F)c([N+](=O)[O-])c1)[C@H]1COc2ccc(Cl)cc2C1. The number of hydrogen-bond donors (Lipinski definition) is 1. The first-order valence-electron chi connectivity index (χ1n) is 7.10. The largest absolute Gasteiger partial charge is 0.492 e. The van der Waals surface area contributed by atoms with Crippen LogP contribution in [0.25, 0.3) is 0 Å². The zero-order chi connectivity index (χ0) is 17.3. The van der Waals surface area contributed by atoms with Gasteiger partial charge in [-0.3, -0.25) is 14.9 Å². The monoisotopic (exact) mass is 350 g/mol. The molecule has 1 atom stereocenters. The van der Waals surface area contributed by atoms with Crippen molar-refractivity contribution in [2.75, 3.05) is 11.9 Å². The van der Waals surface area contributed by atoms with Gasteiger partial charge in [0.15, 0.2) is 0 Å². The topological polar surface area (TPSA) is 81.5 Å². The Morgan fingerprint density at radius 3 is 2.88 bits per heavy atom. The van der Waals surface area contributed by atoms with Crippen molar-refractivity contribution in [3.63, 3.8) is 0 Å². The van der Waals surface area contributed by atoms with Crippen LogP contribution >= 0.6 is 11.6 Å². The Hall–Kier alpha value is -2.67. The second-order valence-corrected chi connectivity index (χ2v) is 5.81. The smallest absolute Gasteiger partial charge is 0.306 e. The second-order valence-electron chi connectivity index (χ2n) is 5.38. The number of carbonyl (C=O) groups is 1. The van der Waals surface area contributed by atoms with Crippen molar-refractivity contribution in [1.82, 2.24) is 0 Å². The summed E-state index contributed by atoms with van der Waals surface area (Å²) in [5.74, 6) is -1.11. The molecule has 0 saturated carbocycles. The molecule has 24 heavy (non-hydrogen) atoms. The van der Waals surface area contributed by atoms with Crippen LogP contribution in [0.5, 0.6) is 5.75 Å². The molecule has 0 fully saturated rings. The predicted octanol–water partition coefficient (Wildman–Crippen LogP) is 3.58. The number of carbonyl (C=O) groups excluding carboxylic acids is 1. The van der Waals surface area contributed by atoms with E-state index in [0.29, 0.717) is 17.2 Å². The Morgan fingerprint density at radius 1 is 1.33 bits per heavy atom. The molecule has 0 unspecified atom stereocenters. The summed E-state index contributed by atoms with van der Waals surface area (Å²) in [5.41, 5.74) is 0.286. The maximum atomic E-state index is 13.3. The summed E-state index contributed by atoms with van der Waals surface area (Å²) in [4.78, 5) is 22.3. The number of nitrogens with one attached hydrogen (secondary N) is 1. The average Bonchev–Trinajstić information content (AvgIpc) is 2.55. The van der Waals surface area contributed by atoms with E-state index in [4.69, 9.17) is 16.3 Å². The molecule has 0 saturated heterocycles. The number of nitrogens with zero attached hydrogens (tertiary/aromatic N) is 1. The molecule has 1 heterocycles. The highest BCUT2D eigenvalue weighted by Crippen LogP contribution is 2.30. The van der Waals surface area contributed by atoms with Crippen molar-refractivity contribution in [2.45, 2.75) is 6.42 Å². The zero-order valence-electron chi connectivity index (χ0n) is 12.3. The number of ether oxygens (including phenoxy) is 1. The molecule has 1 aliphatic rings. The fourth-order valence-electron chi connectivity index (χ4n) is 2.51. The molecular weight excluding hydrogens is 339 g/mol. The molecule has 0 spiro atoms. The van der Waals surface area contributed by atoms with Crippen molar-refractivity contribution in [3.8, 4) is 5.75 Å². The van der Waals surface area contributed by atoms with Crippen LogP contribution in [0.15, 0.2) is 36.4 Å². The lowest BCUT2D eigenvalue weighted by Crippen LogP contribution is -2.32. The summed E-state index contributed by atoms with van der Waals surface area (Å²) in [6.45, 7) is 0.184. The third kappa shape index (κ3) is 3.30. The summed E-state index contributed by atoms with van der Waals surface area (Å²) in [6.07, 6.45) is 0.436. The number of rotatable bonds is 3. The summed E-state index contributed by atoms with van der Waals surface area (Å²) in [5, 5.41) is 13.9. The Bertz CT molecular complexity index is 828. The Kier molecular flexibility index (Phi) is 4.35. The first kappa shape index (κ1) is 16.2. The molecule has 0 aliphatic carbocycles. The summed E-state index contributed by atoms with van der Waals surface area (Å²) in [6, 6.07) is 8.39. The van der Waals surface area contributed by atoms with E-state index < -0.39 is 22.3 Å². The molecule has 2 aromatic rings. The van der Waals surface area contributed by atoms with Gasteiger partial charge < -0.3 is 10.1 Å². The third-order valence-corrected chi connectivity index (χ3v) is 3.95. The van der Waals surface area contributed by atoms with Crippen LogP contribution in [0.4, 0.5) is 15.8 Å². The van der Waals surface area contributed by atoms with Gasteiger partial charge in [-0.2, -0.15) is 4.39 Å². The van der Waals surface area contributed by atoms with Gasteiger partial charge >= 0.3 is 5.69 Å². The maximum Gasteiger partial charge on any atom is 0.306 e. The van der Waals surface area contributed by atoms with Crippen molar-refractivity contribution < 1.29 is 18.8 Å². The van der Waals surface area contributed by atoms with Crippen molar-refractivity contribution >= 4 is 28.9 Å². The summed E-state index contributed by atoms with van der Waals surface area (Å²) < 4.78 is 18.9. The lowest BCUT2D eigenvalue weighted by atomic mass is 9.96. The van der Waals surface area contributed by atoms with E-state index in [9.17, 15) is 19.3 Å². The van der Waals surface area contributed by atoms with Crippen LogP contribution in [-0.2, 0) is 11.2 Å². The lowest BCUT2D eigenvalue weighted by Gasteiger charge is -2.24. The first-order chi connectivity index (χ1) is 11.4.